The van der Waals surface area contributed by atoms with Crippen molar-refractivity contribution in [2.24, 2.45) is 11.7 Å². The zero-order valence-corrected chi connectivity index (χ0v) is 12.7. The molecule has 0 spiro atoms. The summed E-state index contributed by atoms with van der Waals surface area (Å²) in [5.41, 5.74) is 5.31. The SMILES string of the molecule is CCC1CCN(C2CCC(NC3CC3)(C(N)=O)C2)CC1. The van der Waals surface area contributed by atoms with Crippen LogP contribution in [0.15, 0.2) is 0 Å². The summed E-state index contributed by atoms with van der Waals surface area (Å²) in [6, 6.07) is 1.11. The third-order valence-corrected chi connectivity index (χ3v) is 5.76. The second-order valence-electron chi connectivity index (χ2n) is 7.15. The number of nitrogens with zero attached hydrogens (tertiary/aromatic N) is 1. The summed E-state index contributed by atoms with van der Waals surface area (Å²) in [7, 11) is 0. The largest absolute Gasteiger partial charge is 0.368 e. The number of nitrogens with one attached hydrogen (secondary N) is 1. The van der Waals surface area contributed by atoms with Crippen molar-refractivity contribution >= 4 is 5.91 Å². The molecule has 4 nitrogen and oxygen atoms in total. The lowest BCUT2D eigenvalue weighted by molar-refractivity contribution is -0.124. The van der Waals surface area contributed by atoms with Crippen molar-refractivity contribution < 1.29 is 4.79 Å². The van der Waals surface area contributed by atoms with E-state index in [1.807, 2.05) is 0 Å². The normalized spacial score (nSPS) is 36.4. The molecule has 0 aromatic rings. The Balaban J connectivity index is 1.58. The molecule has 0 aromatic carbocycles. The van der Waals surface area contributed by atoms with Crippen LogP contribution in [0.4, 0.5) is 0 Å². The van der Waals surface area contributed by atoms with Crippen LogP contribution >= 0.6 is 0 Å². The second-order valence-corrected chi connectivity index (χ2v) is 7.15. The van der Waals surface area contributed by atoms with Gasteiger partial charge < -0.3 is 16.0 Å². The van der Waals surface area contributed by atoms with E-state index in [2.05, 4.69) is 17.1 Å². The molecule has 2 aliphatic carbocycles. The molecule has 0 radical (unpaired) electrons. The van der Waals surface area contributed by atoms with Crippen LogP contribution in [0.5, 0.6) is 0 Å². The van der Waals surface area contributed by atoms with Gasteiger partial charge in [0.25, 0.3) is 0 Å². The van der Waals surface area contributed by atoms with Crippen LogP contribution in [0.3, 0.4) is 0 Å². The molecule has 1 heterocycles. The van der Waals surface area contributed by atoms with E-state index in [9.17, 15) is 4.79 Å². The van der Waals surface area contributed by atoms with Crippen LogP contribution in [-0.2, 0) is 4.79 Å². The van der Waals surface area contributed by atoms with Crippen LogP contribution in [0, 0.1) is 5.92 Å². The van der Waals surface area contributed by atoms with Gasteiger partial charge in [0.05, 0.1) is 5.54 Å². The Morgan fingerprint density at radius 2 is 1.95 bits per heavy atom. The van der Waals surface area contributed by atoms with Crippen molar-refractivity contribution in [2.45, 2.75) is 75.9 Å². The highest BCUT2D eigenvalue weighted by Crippen LogP contribution is 2.37. The maximum atomic E-state index is 12.0. The van der Waals surface area contributed by atoms with Gasteiger partial charge in [0.2, 0.25) is 5.91 Å². The first-order valence-electron chi connectivity index (χ1n) is 8.44. The summed E-state index contributed by atoms with van der Waals surface area (Å²) in [6.45, 7) is 4.72. The molecule has 0 bridgehead atoms. The minimum Gasteiger partial charge on any atom is -0.368 e. The van der Waals surface area contributed by atoms with Gasteiger partial charge in [-0.25, -0.2) is 0 Å². The van der Waals surface area contributed by atoms with Crippen molar-refractivity contribution in [1.29, 1.82) is 0 Å². The molecule has 3 rings (SSSR count). The average Bonchev–Trinajstić information content (AvgIpc) is 3.15. The topological polar surface area (TPSA) is 58.4 Å². The number of piperidine rings is 1. The summed E-state index contributed by atoms with van der Waals surface area (Å²) in [5, 5.41) is 3.55. The van der Waals surface area contributed by atoms with Crippen molar-refractivity contribution in [1.82, 2.24) is 10.2 Å². The van der Waals surface area contributed by atoms with Gasteiger partial charge in [-0.05, 0) is 64.0 Å². The summed E-state index contributed by atoms with van der Waals surface area (Å²) in [6.07, 6.45) is 9.36. The van der Waals surface area contributed by atoms with Crippen molar-refractivity contribution in [2.75, 3.05) is 13.1 Å². The third-order valence-electron chi connectivity index (χ3n) is 5.76. The van der Waals surface area contributed by atoms with Crippen LogP contribution in [-0.4, -0.2) is 41.5 Å². The highest BCUT2D eigenvalue weighted by molar-refractivity contribution is 5.85. The first kappa shape index (κ1) is 14.3. The van der Waals surface area contributed by atoms with Gasteiger partial charge in [-0.2, -0.15) is 0 Å². The van der Waals surface area contributed by atoms with Crippen molar-refractivity contribution in [3.05, 3.63) is 0 Å². The maximum Gasteiger partial charge on any atom is 0.237 e. The Morgan fingerprint density at radius 3 is 2.50 bits per heavy atom. The highest BCUT2D eigenvalue weighted by atomic mass is 16.1. The van der Waals surface area contributed by atoms with Gasteiger partial charge in [-0.1, -0.05) is 13.3 Å². The van der Waals surface area contributed by atoms with Gasteiger partial charge in [0, 0.05) is 12.1 Å². The number of carbonyl (C=O) groups excluding carboxylic acids is 1. The lowest BCUT2D eigenvalue weighted by Crippen LogP contribution is -2.55. The molecule has 20 heavy (non-hydrogen) atoms. The standard InChI is InChI=1S/C16H29N3O/c1-2-12-6-9-19(10-7-12)14-5-8-16(11-14,15(17)20)18-13-3-4-13/h12-14,18H,2-11H2,1H3,(H2,17,20). The molecule has 1 aliphatic heterocycles. The van der Waals surface area contributed by atoms with Gasteiger partial charge in [-0.15, -0.1) is 0 Å². The van der Waals surface area contributed by atoms with Crippen LogP contribution in [0.2, 0.25) is 0 Å². The monoisotopic (exact) mass is 279 g/mol. The smallest absolute Gasteiger partial charge is 0.237 e. The molecule has 4 heteroatoms. The Bertz CT molecular complexity index is 361. The van der Waals surface area contributed by atoms with Gasteiger partial charge in [-0.3, -0.25) is 4.79 Å². The Morgan fingerprint density at radius 1 is 1.25 bits per heavy atom. The number of likely N-dealkylation sites (tertiary alicyclic amines) is 1. The molecule has 0 aromatic heterocycles. The zero-order valence-electron chi connectivity index (χ0n) is 12.7. The lowest BCUT2D eigenvalue weighted by Gasteiger charge is -2.36. The first-order chi connectivity index (χ1) is 9.63. The van der Waals surface area contributed by atoms with E-state index in [0.29, 0.717) is 12.1 Å². The zero-order chi connectivity index (χ0) is 14.2. The average molecular weight is 279 g/mol. The summed E-state index contributed by atoms with van der Waals surface area (Å²) in [5.74, 6) is 0.786. The fraction of sp³-hybridized carbons (Fsp3) is 0.938. The Hall–Kier alpha value is -0.610. The molecule has 3 fully saturated rings. The maximum absolute atomic E-state index is 12.0. The van der Waals surface area contributed by atoms with Crippen LogP contribution in [0.1, 0.15) is 58.3 Å². The fourth-order valence-electron chi connectivity index (χ4n) is 4.10. The fourth-order valence-corrected chi connectivity index (χ4v) is 4.10. The first-order valence-corrected chi connectivity index (χ1v) is 8.44. The highest BCUT2D eigenvalue weighted by Gasteiger charge is 2.48. The molecule has 2 atom stereocenters. The second kappa shape index (κ2) is 5.64. The van der Waals surface area contributed by atoms with Crippen LogP contribution in [0.25, 0.3) is 0 Å². The number of carbonyl (C=O) groups is 1. The van der Waals surface area contributed by atoms with E-state index >= 15 is 0 Å². The molecule has 2 saturated carbocycles. The van der Waals surface area contributed by atoms with Crippen molar-refractivity contribution in [3.63, 3.8) is 0 Å². The van der Waals surface area contributed by atoms with Gasteiger partial charge in [0.15, 0.2) is 0 Å². The number of nitrogens with two attached hydrogens (primary N) is 1. The Labute approximate surface area is 122 Å². The van der Waals surface area contributed by atoms with E-state index in [-0.39, 0.29) is 5.91 Å². The van der Waals surface area contributed by atoms with E-state index < -0.39 is 5.54 Å². The van der Waals surface area contributed by atoms with E-state index in [4.69, 9.17) is 5.73 Å². The molecular formula is C16H29N3O. The van der Waals surface area contributed by atoms with E-state index in [1.54, 1.807) is 0 Å². The molecule has 1 saturated heterocycles. The molecule has 3 aliphatic rings. The van der Waals surface area contributed by atoms with Crippen LogP contribution < -0.4 is 11.1 Å². The van der Waals surface area contributed by atoms with E-state index in [0.717, 1.165) is 25.2 Å². The number of primary amides is 1. The molecule has 1 amide bonds. The number of rotatable bonds is 5. The van der Waals surface area contributed by atoms with E-state index in [1.165, 1.54) is 45.2 Å². The Kier molecular flexibility index (Phi) is 4.04. The lowest BCUT2D eigenvalue weighted by atomic mass is 9.92. The van der Waals surface area contributed by atoms with Gasteiger partial charge in [0.1, 0.15) is 0 Å². The molecule has 2 unspecified atom stereocenters. The minimum absolute atomic E-state index is 0.129. The summed E-state index contributed by atoms with van der Waals surface area (Å²) >= 11 is 0. The predicted octanol–water partition coefficient (Wildman–Crippen LogP) is 1.64. The summed E-state index contributed by atoms with van der Waals surface area (Å²) < 4.78 is 0. The third kappa shape index (κ3) is 2.86. The molecular weight excluding hydrogens is 250 g/mol. The molecule has 3 N–H and O–H groups in total. The molecule has 114 valence electrons. The minimum atomic E-state index is -0.409. The quantitative estimate of drug-likeness (QED) is 0.804. The van der Waals surface area contributed by atoms with Crippen molar-refractivity contribution in [3.8, 4) is 0 Å². The predicted molar refractivity (Wildman–Crippen MR) is 80.3 cm³/mol. The van der Waals surface area contributed by atoms with Gasteiger partial charge >= 0.3 is 0 Å². The summed E-state index contributed by atoms with van der Waals surface area (Å²) in [4.78, 5) is 14.6. The number of amides is 1. The number of hydrogen-bond donors (Lipinski definition) is 2. The number of hydrogen-bond acceptors (Lipinski definition) is 3.